The lowest BCUT2D eigenvalue weighted by atomic mass is 10.1. The van der Waals surface area contributed by atoms with Crippen LogP contribution in [0.5, 0.6) is 5.75 Å². The molecule has 2 aromatic rings. The van der Waals surface area contributed by atoms with Crippen molar-refractivity contribution in [2.24, 2.45) is 10.9 Å². The molecule has 7 heteroatoms. The lowest BCUT2D eigenvalue weighted by Crippen LogP contribution is -2.16. The zero-order chi connectivity index (χ0) is 15.4. The summed E-state index contributed by atoms with van der Waals surface area (Å²) in [5.41, 5.74) is 5.38. The molecular formula is C14H11F3N2O2. The van der Waals surface area contributed by atoms with Gasteiger partial charge in [0, 0.05) is 11.6 Å². The number of nitrogens with zero attached hydrogens (tertiary/aromatic N) is 1. The number of hydrogen-bond acceptors (Lipinski definition) is 3. The smallest absolute Gasteiger partial charge is 0.173 e. The summed E-state index contributed by atoms with van der Waals surface area (Å²) in [5.74, 6) is -3.08. The summed E-state index contributed by atoms with van der Waals surface area (Å²) in [6.45, 7) is -0.219. The van der Waals surface area contributed by atoms with Crippen LogP contribution in [0, 0.1) is 17.5 Å². The minimum absolute atomic E-state index is 0.0579. The molecular weight excluding hydrogens is 285 g/mol. The molecule has 0 saturated carbocycles. The van der Waals surface area contributed by atoms with E-state index in [4.69, 9.17) is 15.7 Å². The van der Waals surface area contributed by atoms with Gasteiger partial charge in [0.25, 0.3) is 0 Å². The second-order valence-corrected chi connectivity index (χ2v) is 4.13. The van der Waals surface area contributed by atoms with E-state index in [0.717, 1.165) is 12.1 Å². The van der Waals surface area contributed by atoms with Crippen LogP contribution >= 0.6 is 0 Å². The Morgan fingerprint density at radius 3 is 2.57 bits per heavy atom. The molecule has 0 saturated heterocycles. The van der Waals surface area contributed by atoms with Crippen molar-refractivity contribution in [2.75, 3.05) is 0 Å². The van der Waals surface area contributed by atoms with Gasteiger partial charge in [-0.25, -0.2) is 13.2 Å². The predicted octanol–water partition coefficient (Wildman–Crippen LogP) is 2.78. The summed E-state index contributed by atoms with van der Waals surface area (Å²) in [4.78, 5) is 0. The monoisotopic (exact) mass is 296 g/mol. The minimum atomic E-state index is -1.06. The Labute approximate surface area is 118 Å². The minimum Gasteiger partial charge on any atom is -0.489 e. The van der Waals surface area contributed by atoms with Gasteiger partial charge in [0.05, 0.1) is 5.56 Å². The molecule has 0 heterocycles. The van der Waals surface area contributed by atoms with Gasteiger partial charge in [-0.05, 0) is 18.2 Å². The number of amidine groups is 1. The summed E-state index contributed by atoms with van der Waals surface area (Å²) in [6, 6.07) is 7.27. The van der Waals surface area contributed by atoms with Gasteiger partial charge in [0.2, 0.25) is 0 Å². The van der Waals surface area contributed by atoms with Crippen LogP contribution in [0.15, 0.2) is 41.6 Å². The Morgan fingerprint density at radius 1 is 1.14 bits per heavy atom. The van der Waals surface area contributed by atoms with E-state index < -0.39 is 17.5 Å². The molecule has 0 aliphatic rings. The Kier molecular flexibility index (Phi) is 4.32. The van der Waals surface area contributed by atoms with Crippen LogP contribution in [0.1, 0.15) is 11.1 Å². The molecule has 0 spiro atoms. The van der Waals surface area contributed by atoms with Gasteiger partial charge in [-0.15, -0.1) is 0 Å². The van der Waals surface area contributed by atoms with Crippen LogP contribution in [0.25, 0.3) is 0 Å². The fourth-order valence-corrected chi connectivity index (χ4v) is 1.67. The van der Waals surface area contributed by atoms with Gasteiger partial charge in [0.15, 0.2) is 17.5 Å². The van der Waals surface area contributed by atoms with E-state index in [0.29, 0.717) is 0 Å². The van der Waals surface area contributed by atoms with E-state index in [1.807, 2.05) is 0 Å². The van der Waals surface area contributed by atoms with Gasteiger partial charge >= 0.3 is 0 Å². The molecule has 2 aromatic carbocycles. The number of nitrogens with two attached hydrogens (primary N) is 1. The Balaban J connectivity index is 2.18. The van der Waals surface area contributed by atoms with Crippen LogP contribution in [-0.4, -0.2) is 11.0 Å². The molecule has 0 aliphatic heterocycles. The molecule has 0 radical (unpaired) electrons. The highest BCUT2D eigenvalue weighted by Crippen LogP contribution is 2.19. The maximum Gasteiger partial charge on any atom is 0.173 e. The Morgan fingerprint density at radius 2 is 1.90 bits per heavy atom. The van der Waals surface area contributed by atoms with Crippen molar-refractivity contribution in [1.29, 1.82) is 0 Å². The summed E-state index contributed by atoms with van der Waals surface area (Å²) >= 11 is 0. The van der Waals surface area contributed by atoms with Gasteiger partial charge in [-0.2, -0.15) is 0 Å². The van der Waals surface area contributed by atoms with E-state index >= 15 is 0 Å². The molecule has 3 N–H and O–H groups in total. The van der Waals surface area contributed by atoms with Gasteiger partial charge in [-0.3, -0.25) is 0 Å². The van der Waals surface area contributed by atoms with E-state index in [1.54, 1.807) is 0 Å². The average molecular weight is 296 g/mol. The number of ether oxygens (including phenoxy) is 1. The second-order valence-electron chi connectivity index (χ2n) is 4.13. The molecule has 110 valence electrons. The largest absolute Gasteiger partial charge is 0.489 e. The molecule has 0 aromatic heterocycles. The van der Waals surface area contributed by atoms with E-state index in [9.17, 15) is 13.2 Å². The standard InChI is InChI=1S/C14H11F3N2O2/c15-11-5-4-9(6-12(11)16)21-7-8-2-1-3-10(13(8)17)14(18)19-20/h1-6,20H,7H2,(H2,18,19). The first-order valence-electron chi connectivity index (χ1n) is 5.86. The summed E-state index contributed by atoms with van der Waals surface area (Å²) < 4.78 is 45.0. The highest BCUT2D eigenvalue weighted by molar-refractivity contribution is 5.97. The fourth-order valence-electron chi connectivity index (χ4n) is 1.67. The van der Waals surface area contributed by atoms with Crippen molar-refractivity contribution in [3.05, 3.63) is 65.0 Å². The Bertz CT molecular complexity index is 690. The van der Waals surface area contributed by atoms with Crippen LogP contribution in [0.2, 0.25) is 0 Å². The third kappa shape index (κ3) is 3.25. The SMILES string of the molecule is N/C(=N/O)c1cccc(COc2ccc(F)c(F)c2)c1F. The molecule has 2 rings (SSSR count). The first-order chi connectivity index (χ1) is 10.0. The van der Waals surface area contributed by atoms with E-state index in [2.05, 4.69) is 5.16 Å². The van der Waals surface area contributed by atoms with Gasteiger partial charge in [-0.1, -0.05) is 17.3 Å². The highest BCUT2D eigenvalue weighted by Gasteiger charge is 2.12. The maximum atomic E-state index is 14.1. The molecule has 0 aliphatic carbocycles. The van der Waals surface area contributed by atoms with Crippen molar-refractivity contribution in [3.63, 3.8) is 0 Å². The number of rotatable bonds is 4. The van der Waals surface area contributed by atoms with Crippen molar-refractivity contribution < 1.29 is 23.1 Å². The zero-order valence-electron chi connectivity index (χ0n) is 10.7. The first kappa shape index (κ1) is 14.7. The second kappa shape index (κ2) is 6.17. The van der Waals surface area contributed by atoms with Crippen LogP contribution in [-0.2, 0) is 6.61 Å². The van der Waals surface area contributed by atoms with E-state index in [1.165, 1.54) is 24.3 Å². The molecule has 0 amide bonds. The van der Waals surface area contributed by atoms with E-state index in [-0.39, 0.29) is 29.3 Å². The fraction of sp³-hybridized carbons (Fsp3) is 0.0714. The highest BCUT2D eigenvalue weighted by atomic mass is 19.2. The van der Waals surface area contributed by atoms with Gasteiger partial charge in [0.1, 0.15) is 18.2 Å². The van der Waals surface area contributed by atoms with Gasteiger partial charge < -0.3 is 15.7 Å². The van der Waals surface area contributed by atoms with Crippen molar-refractivity contribution in [3.8, 4) is 5.75 Å². The average Bonchev–Trinajstić information content (AvgIpc) is 2.49. The first-order valence-corrected chi connectivity index (χ1v) is 5.86. The number of oxime groups is 1. The zero-order valence-corrected chi connectivity index (χ0v) is 10.7. The molecule has 4 nitrogen and oxygen atoms in total. The van der Waals surface area contributed by atoms with Crippen LogP contribution < -0.4 is 10.5 Å². The van der Waals surface area contributed by atoms with Crippen LogP contribution in [0.4, 0.5) is 13.2 Å². The van der Waals surface area contributed by atoms with Crippen LogP contribution in [0.3, 0.4) is 0 Å². The molecule has 0 atom stereocenters. The van der Waals surface area contributed by atoms with Crippen molar-refractivity contribution >= 4 is 5.84 Å². The number of benzene rings is 2. The normalized spacial score (nSPS) is 11.5. The quantitative estimate of drug-likeness (QED) is 0.394. The topological polar surface area (TPSA) is 67.8 Å². The lowest BCUT2D eigenvalue weighted by molar-refractivity contribution is 0.297. The summed E-state index contributed by atoms with van der Waals surface area (Å²) in [5, 5.41) is 11.3. The molecule has 21 heavy (non-hydrogen) atoms. The third-order valence-corrected chi connectivity index (χ3v) is 2.75. The third-order valence-electron chi connectivity index (χ3n) is 2.75. The van der Waals surface area contributed by atoms with Crippen molar-refractivity contribution in [2.45, 2.75) is 6.61 Å². The molecule has 0 unspecified atom stereocenters. The summed E-state index contributed by atoms with van der Waals surface area (Å²) in [6.07, 6.45) is 0. The lowest BCUT2D eigenvalue weighted by Gasteiger charge is -2.09. The molecule has 0 bridgehead atoms. The maximum absolute atomic E-state index is 14.1. The number of hydrogen-bond donors (Lipinski definition) is 2. The summed E-state index contributed by atoms with van der Waals surface area (Å²) in [7, 11) is 0. The Hall–Kier alpha value is -2.70. The predicted molar refractivity (Wildman–Crippen MR) is 69.6 cm³/mol. The molecule has 0 fully saturated rings. The van der Waals surface area contributed by atoms with Crippen molar-refractivity contribution in [1.82, 2.24) is 0 Å². The number of halogens is 3.